The molecule has 0 fully saturated rings. The predicted molar refractivity (Wildman–Crippen MR) is 112 cm³/mol. The summed E-state index contributed by atoms with van der Waals surface area (Å²) in [7, 11) is 0. The van der Waals surface area contributed by atoms with Crippen molar-refractivity contribution in [2.24, 2.45) is 5.73 Å². The molecule has 146 valence electrons. The molecule has 0 spiro atoms. The summed E-state index contributed by atoms with van der Waals surface area (Å²) in [6.45, 7) is 10.2. The van der Waals surface area contributed by atoms with Crippen LogP contribution >= 0.6 is 0 Å². The van der Waals surface area contributed by atoms with Crippen LogP contribution in [0.3, 0.4) is 0 Å². The lowest BCUT2D eigenvalue weighted by molar-refractivity contribution is -0.965. The van der Waals surface area contributed by atoms with Crippen LogP contribution in [0.2, 0.25) is 0 Å². The van der Waals surface area contributed by atoms with E-state index in [1.807, 2.05) is 36.8 Å². The number of quaternary nitrogens is 1. The summed E-state index contributed by atoms with van der Waals surface area (Å²) in [6, 6.07) is 12.3. The zero-order valence-electron chi connectivity index (χ0n) is 17.1. The molecular weight excluding hydrogens is 346 g/mol. The van der Waals surface area contributed by atoms with Crippen molar-refractivity contribution in [3.63, 3.8) is 0 Å². The lowest BCUT2D eigenvalue weighted by Gasteiger charge is -2.38. The number of hydrogen-bond donors (Lipinski definition) is 1. The van der Waals surface area contributed by atoms with E-state index in [2.05, 4.69) is 53.9 Å². The van der Waals surface area contributed by atoms with Gasteiger partial charge < -0.3 is 10.2 Å². The van der Waals surface area contributed by atoms with E-state index in [1.54, 1.807) is 0 Å². The van der Waals surface area contributed by atoms with Crippen LogP contribution in [0.15, 0.2) is 55.0 Å². The summed E-state index contributed by atoms with van der Waals surface area (Å²) in [5.74, 6) is 0. The smallest absolute Gasteiger partial charge is 0.122 e. The molecule has 3 heterocycles. The molecule has 0 aromatic carbocycles. The van der Waals surface area contributed by atoms with Gasteiger partial charge in [-0.1, -0.05) is 18.2 Å². The van der Waals surface area contributed by atoms with Gasteiger partial charge in [-0.2, -0.15) is 0 Å². The van der Waals surface area contributed by atoms with Crippen molar-refractivity contribution >= 4 is 0 Å². The van der Waals surface area contributed by atoms with E-state index in [1.165, 1.54) is 16.7 Å². The van der Waals surface area contributed by atoms with Crippen LogP contribution in [0.25, 0.3) is 0 Å². The first kappa shape index (κ1) is 20.1. The lowest BCUT2D eigenvalue weighted by atomic mass is 10.1. The SMILES string of the molecule is Cc1cccnc1C[N+](CCN)(Cc1ncccc1C)Cc1ncccc1C. The summed E-state index contributed by atoms with van der Waals surface area (Å²) in [6.07, 6.45) is 5.62. The van der Waals surface area contributed by atoms with Crippen LogP contribution in [0.5, 0.6) is 0 Å². The number of hydrogen-bond acceptors (Lipinski definition) is 4. The Hall–Kier alpha value is -2.63. The Morgan fingerprint density at radius 1 is 0.679 bits per heavy atom. The van der Waals surface area contributed by atoms with E-state index in [9.17, 15) is 0 Å². The molecule has 0 atom stereocenters. The number of aryl methyl sites for hydroxylation is 3. The molecule has 0 aliphatic carbocycles. The van der Waals surface area contributed by atoms with Crippen molar-refractivity contribution in [3.8, 4) is 0 Å². The molecule has 3 aromatic heterocycles. The van der Waals surface area contributed by atoms with Gasteiger partial charge in [0.25, 0.3) is 0 Å². The third-order valence-electron chi connectivity index (χ3n) is 5.41. The molecule has 5 nitrogen and oxygen atoms in total. The van der Waals surface area contributed by atoms with E-state index >= 15 is 0 Å². The van der Waals surface area contributed by atoms with Crippen LogP contribution in [-0.2, 0) is 19.6 Å². The maximum atomic E-state index is 6.11. The first-order valence-corrected chi connectivity index (χ1v) is 9.80. The minimum Gasteiger partial charge on any atom is -0.326 e. The van der Waals surface area contributed by atoms with Crippen LogP contribution < -0.4 is 5.73 Å². The van der Waals surface area contributed by atoms with Gasteiger partial charge in [0.2, 0.25) is 0 Å². The summed E-state index contributed by atoms with van der Waals surface area (Å²) in [4.78, 5) is 14.0. The number of rotatable bonds is 8. The van der Waals surface area contributed by atoms with E-state index < -0.39 is 0 Å². The van der Waals surface area contributed by atoms with Crippen LogP contribution in [0.1, 0.15) is 33.8 Å². The van der Waals surface area contributed by atoms with Crippen LogP contribution in [0.4, 0.5) is 0 Å². The molecule has 5 heteroatoms. The summed E-state index contributed by atoms with van der Waals surface area (Å²) < 4.78 is 0.754. The van der Waals surface area contributed by atoms with Crippen molar-refractivity contribution < 1.29 is 4.48 Å². The number of pyridine rings is 3. The second kappa shape index (κ2) is 9.04. The first-order valence-electron chi connectivity index (χ1n) is 9.80. The maximum Gasteiger partial charge on any atom is 0.122 e. The number of nitrogens with two attached hydrogens (primary N) is 1. The molecule has 0 amide bonds. The Kier molecular flexibility index (Phi) is 6.49. The highest BCUT2D eigenvalue weighted by Crippen LogP contribution is 2.25. The summed E-state index contributed by atoms with van der Waals surface area (Å²) >= 11 is 0. The molecule has 3 aromatic rings. The van der Waals surface area contributed by atoms with E-state index in [0.29, 0.717) is 6.54 Å². The Balaban J connectivity index is 2.04. The topological polar surface area (TPSA) is 64.7 Å². The highest BCUT2D eigenvalue weighted by atomic mass is 15.4. The average molecular weight is 377 g/mol. The monoisotopic (exact) mass is 376 g/mol. The lowest BCUT2D eigenvalue weighted by Crippen LogP contribution is -2.49. The molecule has 0 aliphatic rings. The van der Waals surface area contributed by atoms with Crippen LogP contribution in [0, 0.1) is 20.8 Å². The van der Waals surface area contributed by atoms with Gasteiger partial charge in [0.1, 0.15) is 19.6 Å². The zero-order chi connectivity index (χ0) is 20.0. The van der Waals surface area contributed by atoms with Gasteiger partial charge in [0.15, 0.2) is 0 Å². The van der Waals surface area contributed by atoms with E-state index in [-0.39, 0.29) is 0 Å². The fourth-order valence-electron chi connectivity index (χ4n) is 3.68. The minimum absolute atomic E-state index is 0.601. The molecule has 0 radical (unpaired) electrons. The van der Waals surface area contributed by atoms with Gasteiger partial charge >= 0.3 is 0 Å². The Bertz CT molecular complexity index is 806. The van der Waals surface area contributed by atoms with Crippen molar-refractivity contribution in [3.05, 3.63) is 88.8 Å². The van der Waals surface area contributed by atoms with Crippen molar-refractivity contribution in [1.29, 1.82) is 0 Å². The zero-order valence-corrected chi connectivity index (χ0v) is 17.1. The van der Waals surface area contributed by atoms with Gasteiger partial charge in [-0.15, -0.1) is 0 Å². The van der Waals surface area contributed by atoms with Crippen molar-refractivity contribution in [2.45, 2.75) is 40.4 Å². The van der Waals surface area contributed by atoms with E-state index in [0.717, 1.165) is 47.7 Å². The highest BCUT2D eigenvalue weighted by Gasteiger charge is 2.31. The fraction of sp³-hybridized carbons (Fsp3) is 0.348. The third-order valence-corrected chi connectivity index (χ3v) is 5.41. The van der Waals surface area contributed by atoms with Gasteiger partial charge in [0, 0.05) is 25.1 Å². The molecule has 0 unspecified atom stereocenters. The van der Waals surface area contributed by atoms with Gasteiger partial charge in [0.05, 0.1) is 23.6 Å². The predicted octanol–water partition coefficient (Wildman–Crippen LogP) is 3.47. The first-order chi connectivity index (χ1) is 13.5. The largest absolute Gasteiger partial charge is 0.326 e. The van der Waals surface area contributed by atoms with Crippen LogP contribution in [-0.4, -0.2) is 32.5 Å². The molecule has 0 saturated carbocycles. The Morgan fingerprint density at radius 2 is 1.04 bits per heavy atom. The quantitative estimate of drug-likeness (QED) is 0.612. The normalized spacial score (nSPS) is 11.6. The molecule has 0 aliphatic heterocycles. The summed E-state index contributed by atoms with van der Waals surface area (Å²) in [5.41, 5.74) is 13.1. The second-order valence-corrected chi connectivity index (χ2v) is 7.63. The maximum absolute atomic E-state index is 6.11. The van der Waals surface area contributed by atoms with Crippen molar-refractivity contribution in [1.82, 2.24) is 15.0 Å². The van der Waals surface area contributed by atoms with Gasteiger partial charge in [-0.25, -0.2) is 0 Å². The fourth-order valence-corrected chi connectivity index (χ4v) is 3.68. The molecule has 28 heavy (non-hydrogen) atoms. The van der Waals surface area contributed by atoms with Gasteiger partial charge in [-0.3, -0.25) is 15.0 Å². The Morgan fingerprint density at radius 3 is 1.32 bits per heavy atom. The van der Waals surface area contributed by atoms with Crippen molar-refractivity contribution in [2.75, 3.05) is 13.1 Å². The van der Waals surface area contributed by atoms with E-state index in [4.69, 9.17) is 5.73 Å². The minimum atomic E-state index is 0.601. The summed E-state index contributed by atoms with van der Waals surface area (Å²) in [5, 5.41) is 0. The number of aromatic nitrogens is 3. The molecule has 2 N–H and O–H groups in total. The van der Waals surface area contributed by atoms with Gasteiger partial charge in [-0.05, 0) is 55.7 Å². The second-order valence-electron chi connectivity index (χ2n) is 7.63. The standard InChI is InChI=1S/C23H30N5/c1-18-7-4-11-25-21(18)15-28(14-10-24,16-22-19(2)8-5-12-26-22)17-23-20(3)9-6-13-27-23/h4-9,11-13H,10,14-17,24H2,1-3H3/q+1. The highest BCUT2D eigenvalue weighted by molar-refractivity contribution is 5.20. The average Bonchev–Trinajstić information content (AvgIpc) is 2.68. The molecule has 3 rings (SSSR count). The molecule has 0 saturated heterocycles. The third kappa shape index (κ3) is 4.80. The Labute approximate surface area is 167 Å². The number of nitrogens with zero attached hydrogens (tertiary/aromatic N) is 4. The molecular formula is C23H30N5+. The molecule has 0 bridgehead atoms.